The molecule has 0 unspecified atom stereocenters. The van der Waals surface area contributed by atoms with E-state index in [1.54, 1.807) is 4.90 Å². The van der Waals surface area contributed by atoms with E-state index >= 15 is 0 Å². The summed E-state index contributed by atoms with van der Waals surface area (Å²) in [6, 6.07) is 8.70. The van der Waals surface area contributed by atoms with E-state index in [-0.39, 0.29) is 24.3 Å². The number of likely N-dealkylation sites (tertiary alicyclic amines) is 1. The van der Waals surface area contributed by atoms with Crippen LogP contribution in [0.3, 0.4) is 0 Å². The minimum atomic E-state index is -4.44. The normalized spacial score (nSPS) is 17.1. The summed E-state index contributed by atoms with van der Waals surface area (Å²) in [6.45, 7) is 1.45. The quantitative estimate of drug-likeness (QED) is 0.858. The lowest BCUT2D eigenvalue weighted by Crippen LogP contribution is -2.45. The van der Waals surface area contributed by atoms with Crippen molar-refractivity contribution >= 4 is 5.91 Å². The molecule has 0 spiro atoms. The van der Waals surface area contributed by atoms with Crippen LogP contribution in [0.4, 0.5) is 13.2 Å². The number of benzene rings is 1. The van der Waals surface area contributed by atoms with Gasteiger partial charge < -0.3 is 14.6 Å². The Balaban J connectivity index is 1.55. The second-order valence-electron chi connectivity index (χ2n) is 7.02. The number of hydrogen-bond acceptors (Lipinski definition) is 2. The van der Waals surface area contributed by atoms with Crippen molar-refractivity contribution in [2.24, 2.45) is 0 Å². The first-order chi connectivity index (χ1) is 12.8. The molecule has 1 saturated heterocycles. The Bertz CT molecular complexity index is 764. The molecule has 0 atom stereocenters. The number of alkyl halides is 3. The Kier molecular flexibility index (Phi) is 5.60. The summed E-state index contributed by atoms with van der Waals surface area (Å²) < 4.78 is 40.7. The number of nitrogens with zero attached hydrogens (tertiary/aromatic N) is 2. The van der Waals surface area contributed by atoms with Crippen molar-refractivity contribution in [3.63, 3.8) is 0 Å². The summed E-state index contributed by atoms with van der Waals surface area (Å²) >= 11 is 0. The van der Waals surface area contributed by atoms with Gasteiger partial charge in [-0.05, 0) is 49.1 Å². The molecule has 1 aromatic carbocycles. The molecular formula is C20H23F3N2O2. The third kappa shape index (κ3) is 4.71. The number of carbonyl (C=O) groups excluding carboxylic acids is 1. The Hall–Kier alpha value is -2.28. The van der Waals surface area contributed by atoms with Gasteiger partial charge in [0.1, 0.15) is 0 Å². The van der Waals surface area contributed by atoms with Gasteiger partial charge in [-0.2, -0.15) is 13.2 Å². The van der Waals surface area contributed by atoms with Crippen molar-refractivity contribution < 1.29 is 23.1 Å². The minimum absolute atomic E-state index is 0.0215. The van der Waals surface area contributed by atoms with Crippen molar-refractivity contribution in [1.82, 2.24) is 9.47 Å². The predicted octanol–water partition coefficient (Wildman–Crippen LogP) is 3.80. The zero-order chi connectivity index (χ0) is 19.5. The average Bonchev–Trinajstić information content (AvgIpc) is 3.15. The molecule has 2 aromatic rings. The number of aryl methyl sites for hydroxylation is 1. The molecule has 7 heteroatoms. The first-order valence-corrected chi connectivity index (χ1v) is 9.07. The van der Waals surface area contributed by atoms with Gasteiger partial charge in [0.25, 0.3) is 0 Å². The smallest absolute Gasteiger partial charge is 0.385 e. The first kappa shape index (κ1) is 19.5. The van der Waals surface area contributed by atoms with Crippen molar-refractivity contribution in [3.8, 4) is 0 Å². The summed E-state index contributed by atoms with van der Waals surface area (Å²) in [7, 11) is 0. The van der Waals surface area contributed by atoms with E-state index in [9.17, 15) is 23.1 Å². The Morgan fingerprint density at radius 2 is 1.78 bits per heavy atom. The van der Waals surface area contributed by atoms with Gasteiger partial charge in [0, 0.05) is 38.4 Å². The van der Waals surface area contributed by atoms with Crippen LogP contribution in [0.15, 0.2) is 48.8 Å². The summed E-state index contributed by atoms with van der Waals surface area (Å²) in [4.78, 5) is 14.0. The van der Waals surface area contributed by atoms with E-state index in [4.69, 9.17) is 0 Å². The van der Waals surface area contributed by atoms with Crippen molar-refractivity contribution in [2.45, 2.75) is 44.0 Å². The number of amides is 1. The number of carbonyl (C=O) groups is 1. The third-order valence-electron chi connectivity index (χ3n) is 5.14. The van der Waals surface area contributed by atoms with Gasteiger partial charge in [-0.25, -0.2) is 0 Å². The van der Waals surface area contributed by atoms with Crippen LogP contribution in [0.25, 0.3) is 0 Å². The second kappa shape index (κ2) is 7.76. The molecule has 146 valence electrons. The molecule has 1 N–H and O–H groups in total. The van der Waals surface area contributed by atoms with Crippen molar-refractivity contribution in [1.29, 1.82) is 0 Å². The summed E-state index contributed by atoms with van der Waals surface area (Å²) in [5.41, 5.74) is -1.84. The Morgan fingerprint density at radius 3 is 2.41 bits per heavy atom. The summed E-state index contributed by atoms with van der Waals surface area (Å²) in [5, 5.41) is 10.8. The lowest BCUT2D eigenvalue weighted by Gasteiger charge is -2.38. The Morgan fingerprint density at radius 1 is 1.11 bits per heavy atom. The van der Waals surface area contributed by atoms with Crippen LogP contribution in [0.5, 0.6) is 0 Å². The highest BCUT2D eigenvalue weighted by atomic mass is 19.4. The maximum Gasteiger partial charge on any atom is 0.416 e. The maximum absolute atomic E-state index is 12.9. The number of rotatable bonds is 5. The number of aromatic nitrogens is 1. The Labute approximate surface area is 156 Å². The fourth-order valence-corrected chi connectivity index (χ4v) is 3.49. The zero-order valence-electron chi connectivity index (χ0n) is 15.0. The molecular weight excluding hydrogens is 357 g/mol. The molecule has 1 aromatic heterocycles. The summed E-state index contributed by atoms with van der Waals surface area (Å²) in [5.74, 6) is 0.0215. The molecule has 1 amide bonds. The van der Waals surface area contributed by atoms with E-state index in [2.05, 4.69) is 0 Å². The van der Waals surface area contributed by atoms with E-state index in [1.807, 2.05) is 29.1 Å². The third-order valence-corrected chi connectivity index (χ3v) is 5.14. The van der Waals surface area contributed by atoms with Gasteiger partial charge in [-0.3, -0.25) is 4.79 Å². The monoisotopic (exact) mass is 380 g/mol. The highest BCUT2D eigenvalue weighted by Gasteiger charge is 2.37. The van der Waals surface area contributed by atoms with Gasteiger partial charge in [0.2, 0.25) is 5.91 Å². The molecule has 4 nitrogen and oxygen atoms in total. The van der Waals surface area contributed by atoms with Gasteiger partial charge in [-0.1, -0.05) is 12.1 Å². The molecule has 0 radical (unpaired) electrons. The van der Waals surface area contributed by atoms with Gasteiger partial charge in [0.05, 0.1) is 11.2 Å². The van der Waals surface area contributed by atoms with Crippen LogP contribution in [-0.4, -0.2) is 33.6 Å². The van der Waals surface area contributed by atoms with Crippen LogP contribution < -0.4 is 0 Å². The number of aliphatic hydroxyl groups is 1. The van der Waals surface area contributed by atoms with Crippen LogP contribution in [-0.2, 0) is 23.1 Å². The molecule has 1 fully saturated rings. The van der Waals surface area contributed by atoms with E-state index in [0.717, 1.165) is 25.1 Å². The zero-order valence-corrected chi connectivity index (χ0v) is 15.0. The minimum Gasteiger partial charge on any atom is -0.385 e. The molecule has 0 saturated carbocycles. The summed E-state index contributed by atoms with van der Waals surface area (Å²) in [6.07, 6.45) is 1.06. The fourth-order valence-electron chi connectivity index (χ4n) is 3.49. The molecule has 1 aliphatic heterocycles. The molecule has 1 aliphatic rings. The van der Waals surface area contributed by atoms with E-state index in [0.29, 0.717) is 19.5 Å². The maximum atomic E-state index is 12.9. The second-order valence-corrected chi connectivity index (χ2v) is 7.02. The topological polar surface area (TPSA) is 45.5 Å². The largest absolute Gasteiger partial charge is 0.416 e. The van der Waals surface area contributed by atoms with Gasteiger partial charge >= 0.3 is 6.18 Å². The highest BCUT2D eigenvalue weighted by Crippen LogP contribution is 2.36. The molecule has 2 heterocycles. The van der Waals surface area contributed by atoms with Crippen LogP contribution >= 0.6 is 0 Å². The van der Waals surface area contributed by atoms with Crippen molar-refractivity contribution in [3.05, 3.63) is 59.9 Å². The molecule has 3 rings (SSSR count). The predicted molar refractivity (Wildman–Crippen MR) is 94.8 cm³/mol. The lowest BCUT2D eigenvalue weighted by atomic mass is 9.83. The number of halogens is 3. The number of hydrogen-bond donors (Lipinski definition) is 1. The standard InChI is InChI=1S/C20H23F3N2O2/c21-20(22,23)17-6-3-5-16(15-17)19(27)8-13-25(14-9-19)18(26)7-4-12-24-10-1-2-11-24/h1-3,5-6,10-11,15,27H,4,7-9,12-14H2. The van der Waals surface area contributed by atoms with Crippen LogP contribution in [0, 0.1) is 0 Å². The molecule has 0 aliphatic carbocycles. The molecule has 27 heavy (non-hydrogen) atoms. The van der Waals surface area contributed by atoms with E-state index < -0.39 is 17.3 Å². The van der Waals surface area contributed by atoms with Gasteiger partial charge in [-0.15, -0.1) is 0 Å². The van der Waals surface area contributed by atoms with Crippen LogP contribution in [0.2, 0.25) is 0 Å². The number of piperidine rings is 1. The highest BCUT2D eigenvalue weighted by molar-refractivity contribution is 5.76. The lowest BCUT2D eigenvalue weighted by molar-refractivity contribution is -0.137. The molecule has 0 bridgehead atoms. The van der Waals surface area contributed by atoms with Gasteiger partial charge in [0.15, 0.2) is 0 Å². The fraction of sp³-hybridized carbons (Fsp3) is 0.450. The van der Waals surface area contributed by atoms with E-state index in [1.165, 1.54) is 12.1 Å². The van der Waals surface area contributed by atoms with Crippen LogP contribution in [0.1, 0.15) is 36.8 Å². The van der Waals surface area contributed by atoms with Crippen molar-refractivity contribution in [2.75, 3.05) is 13.1 Å². The first-order valence-electron chi connectivity index (χ1n) is 9.07. The average molecular weight is 380 g/mol. The SMILES string of the molecule is O=C(CCCn1cccc1)N1CCC(O)(c2cccc(C(F)(F)F)c2)CC1.